The summed E-state index contributed by atoms with van der Waals surface area (Å²) in [7, 11) is 0. The summed E-state index contributed by atoms with van der Waals surface area (Å²) in [6, 6.07) is 5.67. The fraction of sp³-hybridized carbons (Fsp3) is 0.389. The largest absolute Gasteiger partial charge is 0.616 e. The average Bonchev–Trinajstić information content (AvgIpc) is 2.71. The summed E-state index contributed by atoms with van der Waals surface area (Å²) in [6.07, 6.45) is 2.89. The Hall–Kier alpha value is -2.21. The maximum Gasteiger partial charge on any atom is 0.271 e. The zero-order chi connectivity index (χ0) is 20.4. The van der Waals surface area contributed by atoms with Crippen molar-refractivity contribution >= 4 is 51.5 Å². The Balaban J connectivity index is 1.88. The van der Waals surface area contributed by atoms with Crippen molar-refractivity contribution < 1.29 is 9.18 Å². The van der Waals surface area contributed by atoms with Gasteiger partial charge in [0.25, 0.3) is 5.91 Å². The van der Waals surface area contributed by atoms with E-state index in [-0.39, 0.29) is 18.1 Å². The Morgan fingerprint density at radius 2 is 2.25 bits per heavy atom. The number of carbonyl (C=O) groups excluding carboxylic acids is 1. The molecule has 0 saturated heterocycles. The molecule has 2 N–H and O–H groups in total. The van der Waals surface area contributed by atoms with Gasteiger partial charge in [-0.1, -0.05) is 6.92 Å². The normalized spacial score (nSPS) is 12.2. The molecular formula is C18H22FIN7O-. The lowest BCUT2D eigenvalue weighted by Crippen LogP contribution is -2.38. The number of nitrogens with one attached hydrogen (secondary N) is 2. The van der Waals surface area contributed by atoms with E-state index in [0.717, 1.165) is 9.09 Å². The molecule has 28 heavy (non-hydrogen) atoms. The number of alkyl halides is 1. The molecule has 0 saturated carbocycles. The van der Waals surface area contributed by atoms with Crippen molar-refractivity contribution in [3.63, 3.8) is 0 Å². The SMILES string of the molecule is CCN(CCNC(=O)c1cnc2cc(I)ccc2n1)CC(C=NCCF)=N[NH-]. The van der Waals surface area contributed by atoms with Crippen LogP contribution in [0.3, 0.4) is 0 Å². The van der Waals surface area contributed by atoms with Crippen molar-refractivity contribution in [3.8, 4) is 0 Å². The zero-order valence-corrected chi connectivity index (χ0v) is 17.7. The lowest BCUT2D eigenvalue weighted by atomic mass is 10.3. The lowest BCUT2D eigenvalue weighted by molar-refractivity contribution is 0.0944. The standard InChI is InChI=1S/C18H23FIN7O/c1-2-27(12-14(26-21)10-22-6-5-19)8-7-23-18(28)17-11-24-16-9-13(20)3-4-15(16)25-17/h3-4,9-11H,2,5-8,12H2,1H3,(H3,21,22,23,28)/p-1. The van der Waals surface area contributed by atoms with Crippen LogP contribution in [0.2, 0.25) is 0 Å². The molecule has 0 atom stereocenters. The van der Waals surface area contributed by atoms with Gasteiger partial charge in [-0.25, -0.2) is 9.37 Å². The Kier molecular flexibility index (Phi) is 9.14. The van der Waals surface area contributed by atoms with E-state index in [1.165, 1.54) is 12.4 Å². The maximum absolute atomic E-state index is 12.3. The minimum atomic E-state index is -0.539. The van der Waals surface area contributed by atoms with Crippen LogP contribution in [-0.2, 0) is 0 Å². The molecule has 10 heteroatoms. The molecule has 0 bridgehead atoms. The number of hydrogen-bond donors (Lipinski definition) is 1. The number of amides is 1. The quantitative estimate of drug-likeness (QED) is 0.309. The van der Waals surface area contributed by atoms with Crippen LogP contribution in [0.5, 0.6) is 0 Å². The predicted molar refractivity (Wildman–Crippen MR) is 118 cm³/mol. The van der Waals surface area contributed by atoms with Gasteiger partial charge < -0.3 is 16.3 Å². The van der Waals surface area contributed by atoms with Crippen molar-refractivity contribution in [3.05, 3.63) is 39.5 Å². The molecule has 0 aliphatic heterocycles. The number of nitrogens with zero attached hydrogens (tertiary/aromatic N) is 5. The predicted octanol–water partition coefficient (Wildman–Crippen LogP) is 2.73. The number of fused-ring (bicyclic) bond motifs is 1. The zero-order valence-electron chi connectivity index (χ0n) is 15.5. The van der Waals surface area contributed by atoms with Crippen molar-refractivity contribution in [2.45, 2.75) is 6.92 Å². The molecule has 1 aromatic carbocycles. The van der Waals surface area contributed by atoms with Gasteiger partial charge in [-0.05, 0) is 47.3 Å². The van der Waals surface area contributed by atoms with Crippen LogP contribution in [0.4, 0.5) is 4.39 Å². The molecule has 150 valence electrons. The number of hydrogen-bond acceptors (Lipinski definition) is 6. The maximum atomic E-state index is 12.3. The Morgan fingerprint density at radius 1 is 1.43 bits per heavy atom. The molecular weight excluding hydrogens is 476 g/mol. The fourth-order valence-electron chi connectivity index (χ4n) is 2.41. The highest BCUT2D eigenvalue weighted by Crippen LogP contribution is 2.13. The summed E-state index contributed by atoms with van der Waals surface area (Å²) in [4.78, 5) is 26.8. The number of rotatable bonds is 10. The van der Waals surface area contributed by atoms with Gasteiger partial charge in [0.2, 0.25) is 0 Å². The van der Waals surface area contributed by atoms with Gasteiger partial charge in [0.05, 0.1) is 23.8 Å². The van der Waals surface area contributed by atoms with E-state index in [0.29, 0.717) is 37.4 Å². The van der Waals surface area contributed by atoms with Crippen LogP contribution >= 0.6 is 22.6 Å². The molecule has 2 rings (SSSR count). The van der Waals surface area contributed by atoms with Crippen LogP contribution in [0, 0.1) is 3.57 Å². The highest BCUT2D eigenvalue weighted by Gasteiger charge is 2.10. The molecule has 1 aromatic heterocycles. The van der Waals surface area contributed by atoms with Crippen LogP contribution in [0.1, 0.15) is 17.4 Å². The lowest BCUT2D eigenvalue weighted by Gasteiger charge is -2.21. The molecule has 0 spiro atoms. The highest BCUT2D eigenvalue weighted by molar-refractivity contribution is 14.1. The topological polar surface area (TPSA) is 107 Å². The van der Waals surface area contributed by atoms with E-state index < -0.39 is 6.67 Å². The molecule has 0 radical (unpaired) electrons. The molecule has 2 aromatic rings. The van der Waals surface area contributed by atoms with E-state index in [1.54, 1.807) is 0 Å². The number of benzene rings is 1. The molecule has 1 amide bonds. The second kappa shape index (κ2) is 11.6. The van der Waals surface area contributed by atoms with Crippen molar-refractivity contribution in [2.75, 3.05) is 39.4 Å². The van der Waals surface area contributed by atoms with Crippen LogP contribution < -0.4 is 5.32 Å². The first kappa shape index (κ1) is 22.1. The van der Waals surface area contributed by atoms with E-state index in [2.05, 4.69) is 48.0 Å². The third kappa shape index (κ3) is 6.75. The summed E-state index contributed by atoms with van der Waals surface area (Å²) in [5.41, 5.74) is 2.13. The minimum absolute atomic E-state index is 0.0626. The van der Waals surface area contributed by atoms with Gasteiger partial charge in [0, 0.05) is 35.1 Å². The monoisotopic (exact) mass is 498 g/mol. The fourth-order valence-corrected chi connectivity index (χ4v) is 2.89. The van der Waals surface area contributed by atoms with E-state index in [9.17, 15) is 9.18 Å². The van der Waals surface area contributed by atoms with Gasteiger partial charge in [-0.3, -0.25) is 19.7 Å². The van der Waals surface area contributed by atoms with Gasteiger partial charge in [-0.2, -0.15) is 0 Å². The molecule has 0 unspecified atom stereocenters. The molecule has 1 heterocycles. The van der Waals surface area contributed by atoms with Crippen molar-refractivity contribution in [2.24, 2.45) is 10.1 Å². The van der Waals surface area contributed by atoms with Gasteiger partial charge in [0.1, 0.15) is 12.4 Å². The second-order valence-corrected chi connectivity index (χ2v) is 7.09. The average molecular weight is 498 g/mol. The molecule has 0 aliphatic rings. The highest BCUT2D eigenvalue weighted by atomic mass is 127. The molecule has 0 aliphatic carbocycles. The summed E-state index contributed by atoms with van der Waals surface area (Å²) in [5.74, 6) is 6.90. The van der Waals surface area contributed by atoms with Crippen LogP contribution in [0.15, 0.2) is 34.5 Å². The van der Waals surface area contributed by atoms with Gasteiger partial charge in [0.15, 0.2) is 0 Å². The smallest absolute Gasteiger partial charge is 0.271 e. The van der Waals surface area contributed by atoms with E-state index in [4.69, 9.17) is 5.84 Å². The third-order valence-corrected chi connectivity index (χ3v) is 4.55. The summed E-state index contributed by atoms with van der Waals surface area (Å²) < 4.78 is 13.2. The Labute approximate surface area is 176 Å². The first-order valence-corrected chi connectivity index (χ1v) is 9.87. The first-order valence-electron chi connectivity index (χ1n) is 8.79. The van der Waals surface area contributed by atoms with Gasteiger partial charge in [-0.15, -0.1) is 0 Å². The number of halogens is 2. The number of likely N-dealkylation sites (N-methyl/N-ethyl adjacent to an activating group) is 1. The van der Waals surface area contributed by atoms with Gasteiger partial charge >= 0.3 is 0 Å². The summed E-state index contributed by atoms with van der Waals surface area (Å²) in [6.45, 7) is 3.58. The van der Waals surface area contributed by atoms with Crippen molar-refractivity contribution in [1.29, 1.82) is 0 Å². The molecule has 8 nitrogen and oxygen atoms in total. The van der Waals surface area contributed by atoms with E-state index >= 15 is 0 Å². The Bertz CT molecular complexity index is 859. The number of aliphatic imine (C=N–C) groups is 1. The summed E-state index contributed by atoms with van der Waals surface area (Å²) in [5, 5.41) is 6.25. The second-order valence-electron chi connectivity index (χ2n) is 5.84. The molecule has 0 fully saturated rings. The third-order valence-electron chi connectivity index (χ3n) is 3.88. The Morgan fingerprint density at radius 3 is 2.96 bits per heavy atom. The minimum Gasteiger partial charge on any atom is -0.616 e. The van der Waals surface area contributed by atoms with Crippen LogP contribution in [0.25, 0.3) is 16.9 Å². The van der Waals surface area contributed by atoms with Crippen LogP contribution in [-0.4, -0.2) is 72.1 Å². The number of aromatic nitrogens is 2. The number of carbonyl (C=O) groups is 1. The summed E-state index contributed by atoms with van der Waals surface area (Å²) >= 11 is 2.20. The van der Waals surface area contributed by atoms with E-state index in [1.807, 2.05) is 30.0 Å². The first-order chi connectivity index (χ1) is 13.6. The van der Waals surface area contributed by atoms with Crippen molar-refractivity contribution in [1.82, 2.24) is 20.2 Å².